The number of nitrogens with one attached hydrogen (secondary N) is 2. The van der Waals surface area contributed by atoms with Crippen molar-refractivity contribution in [2.45, 2.75) is 20.8 Å². The summed E-state index contributed by atoms with van der Waals surface area (Å²) in [6, 6.07) is 5.82. The van der Waals surface area contributed by atoms with Crippen LogP contribution in [0, 0.1) is 0 Å². The van der Waals surface area contributed by atoms with E-state index in [0.29, 0.717) is 12.5 Å². The molecule has 0 bridgehead atoms. The van der Waals surface area contributed by atoms with Gasteiger partial charge in [-0.2, -0.15) is 4.99 Å². The summed E-state index contributed by atoms with van der Waals surface area (Å²) in [6.45, 7) is 7.41. The standard InChI is InChI=1S/C16H23N7/c1-5-18-15-10-14(13-8-7-9-17-11-13)21-16(23(15)4)20-12(3)22-19-6-2/h7-11,19H,5-6H2,1-4H3,(H,20,21,22). The number of hydrazine groups is 1. The third-order valence-electron chi connectivity index (χ3n) is 3.12. The van der Waals surface area contributed by atoms with Gasteiger partial charge in [0.05, 0.1) is 5.69 Å². The van der Waals surface area contributed by atoms with Gasteiger partial charge in [0.2, 0.25) is 5.95 Å². The summed E-state index contributed by atoms with van der Waals surface area (Å²) < 4.78 is 1.88. The highest BCUT2D eigenvalue weighted by Gasteiger charge is 2.06. The van der Waals surface area contributed by atoms with Gasteiger partial charge in [-0.3, -0.25) is 14.5 Å². The van der Waals surface area contributed by atoms with E-state index in [4.69, 9.17) is 0 Å². The van der Waals surface area contributed by atoms with Crippen LogP contribution in [0.5, 0.6) is 0 Å². The van der Waals surface area contributed by atoms with Crippen LogP contribution in [0.2, 0.25) is 0 Å². The number of rotatable bonds is 5. The average Bonchev–Trinajstić information content (AvgIpc) is 2.57. The molecule has 0 aliphatic rings. The van der Waals surface area contributed by atoms with E-state index in [9.17, 15) is 0 Å². The predicted octanol–water partition coefficient (Wildman–Crippen LogP) is 1.57. The average molecular weight is 313 g/mol. The van der Waals surface area contributed by atoms with Crippen LogP contribution >= 0.6 is 0 Å². The quantitative estimate of drug-likeness (QED) is 0.499. The van der Waals surface area contributed by atoms with Gasteiger partial charge < -0.3 is 5.43 Å². The van der Waals surface area contributed by atoms with Crippen molar-refractivity contribution in [3.8, 4) is 11.3 Å². The number of aromatic nitrogens is 3. The summed E-state index contributed by atoms with van der Waals surface area (Å²) >= 11 is 0. The van der Waals surface area contributed by atoms with Crippen LogP contribution in [0.25, 0.3) is 11.3 Å². The Labute approximate surface area is 136 Å². The van der Waals surface area contributed by atoms with Crippen LogP contribution < -0.4 is 16.3 Å². The van der Waals surface area contributed by atoms with Gasteiger partial charge in [-0.1, -0.05) is 6.92 Å². The van der Waals surface area contributed by atoms with Crippen molar-refractivity contribution in [3.63, 3.8) is 0 Å². The Hall–Kier alpha value is -2.54. The second-order valence-electron chi connectivity index (χ2n) is 4.93. The van der Waals surface area contributed by atoms with Gasteiger partial charge in [0.15, 0.2) is 0 Å². The van der Waals surface area contributed by atoms with Crippen LogP contribution in [0.15, 0.2) is 40.6 Å². The number of hydrogen-bond donors (Lipinski definition) is 2. The molecule has 0 radical (unpaired) electrons. The van der Waals surface area contributed by atoms with E-state index in [2.05, 4.69) is 30.8 Å². The molecule has 0 fully saturated rings. The predicted molar refractivity (Wildman–Crippen MR) is 92.1 cm³/mol. The smallest absolute Gasteiger partial charge is 0.233 e. The first-order valence-corrected chi connectivity index (χ1v) is 7.68. The van der Waals surface area contributed by atoms with Crippen molar-refractivity contribution in [2.75, 3.05) is 13.1 Å². The second kappa shape index (κ2) is 8.19. The zero-order valence-electron chi connectivity index (χ0n) is 14.0. The van der Waals surface area contributed by atoms with Crippen molar-refractivity contribution >= 4 is 11.8 Å². The van der Waals surface area contributed by atoms with E-state index in [1.807, 2.05) is 50.6 Å². The summed E-state index contributed by atoms with van der Waals surface area (Å²) in [7, 11) is 1.91. The van der Waals surface area contributed by atoms with E-state index in [-0.39, 0.29) is 0 Å². The number of amidine groups is 1. The van der Waals surface area contributed by atoms with Gasteiger partial charge in [-0.15, -0.1) is 0 Å². The Morgan fingerprint density at radius 3 is 2.83 bits per heavy atom. The lowest BCUT2D eigenvalue weighted by Gasteiger charge is -2.10. The molecule has 0 spiro atoms. The maximum absolute atomic E-state index is 4.64. The molecule has 7 heteroatoms. The molecule has 0 saturated carbocycles. The highest BCUT2D eigenvalue weighted by atomic mass is 15.4. The van der Waals surface area contributed by atoms with Crippen LogP contribution in [0.3, 0.4) is 0 Å². The van der Waals surface area contributed by atoms with Crippen LogP contribution in [0.1, 0.15) is 20.8 Å². The van der Waals surface area contributed by atoms with Crippen molar-refractivity contribution in [2.24, 2.45) is 17.0 Å². The third-order valence-corrected chi connectivity index (χ3v) is 3.12. The van der Waals surface area contributed by atoms with E-state index < -0.39 is 0 Å². The molecule has 0 aromatic carbocycles. The molecule has 0 aliphatic carbocycles. The number of pyridine rings is 1. The number of hydrogen-bond acceptors (Lipinski definition) is 5. The monoisotopic (exact) mass is 313 g/mol. The van der Waals surface area contributed by atoms with Gasteiger partial charge >= 0.3 is 0 Å². The molecular formula is C16H23N7. The van der Waals surface area contributed by atoms with Gasteiger partial charge in [-0.25, -0.2) is 10.4 Å². The van der Waals surface area contributed by atoms with Gasteiger partial charge in [0.1, 0.15) is 11.3 Å². The molecule has 23 heavy (non-hydrogen) atoms. The molecule has 122 valence electrons. The summed E-state index contributed by atoms with van der Waals surface area (Å²) in [4.78, 5) is 17.9. The Morgan fingerprint density at radius 2 is 2.17 bits per heavy atom. The fourth-order valence-corrected chi connectivity index (χ4v) is 2.01. The molecule has 2 heterocycles. The zero-order valence-corrected chi connectivity index (χ0v) is 14.0. The molecular weight excluding hydrogens is 290 g/mol. The van der Waals surface area contributed by atoms with Crippen molar-refractivity contribution in [1.82, 2.24) is 25.4 Å². The molecule has 2 aromatic heterocycles. The third kappa shape index (κ3) is 4.46. The lowest BCUT2D eigenvalue weighted by atomic mass is 10.2. The minimum Gasteiger partial charge on any atom is -0.309 e. The normalized spacial score (nSPS) is 12.5. The first-order valence-electron chi connectivity index (χ1n) is 7.68. The fourth-order valence-electron chi connectivity index (χ4n) is 2.01. The molecule has 2 aromatic rings. The zero-order chi connectivity index (χ0) is 16.7. The summed E-state index contributed by atoms with van der Waals surface area (Å²) in [5, 5.41) is 0. The SMILES string of the molecule is CCN=c1cc(-c2cccnc2)nc(/N=C(\C)NNCC)n1C. The minimum atomic E-state index is 0.585. The molecule has 0 saturated heterocycles. The van der Waals surface area contributed by atoms with Crippen LogP contribution in [-0.4, -0.2) is 33.5 Å². The lowest BCUT2D eigenvalue weighted by molar-refractivity contribution is 0.680. The summed E-state index contributed by atoms with van der Waals surface area (Å²) in [6.07, 6.45) is 3.53. The van der Waals surface area contributed by atoms with Crippen LogP contribution in [0.4, 0.5) is 5.95 Å². The minimum absolute atomic E-state index is 0.585. The maximum Gasteiger partial charge on any atom is 0.233 e. The summed E-state index contributed by atoms with van der Waals surface area (Å²) in [5.74, 6) is 1.32. The molecule has 2 rings (SSSR count). The Bertz CT molecular complexity index is 732. The Balaban J connectivity index is 2.53. The van der Waals surface area contributed by atoms with Crippen molar-refractivity contribution in [3.05, 3.63) is 36.1 Å². The molecule has 7 nitrogen and oxygen atoms in total. The highest BCUT2D eigenvalue weighted by molar-refractivity contribution is 5.81. The molecule has 0 aliphatic heterocycles. The molecule has 0 amide bonds. The molecule has 0 atom stereocenters. The van der Waals surface area contributed by atoms with E-state index in [1.165, 1.54) is 0 Å². The van der Waals surface area contributed by atoms with Crippen LogP contribution in [-0.2, 0) is 7.05 Å². The van der Waals surface area contributed by atoms with Crippen molar-refractivity contribution < 1.29 is 0 Å². The number of nitrogens with zero attached hydrogens (tertiary/aromatic N) is 5. The lowest BCUT2D eigenvalue weighted by Crippen LogP contribution is -2.35. The molecule has 0 unspecified atom stereocenters. The van der Waals surface area contributed by atoms with E-state index >= 15 is 0 Å². The largest absolute Gasteiger partial charge is 0.309 e. The maximum atomic E-state index is 4.64. The van der Waals surface area contributed by atoms with E-state index in [0.717, 1.165) is 29.1 Å². The topological polar surface area (TPSA) is 79.5 Å². The fraction of sp³-hybridized carbons (Fsp3) is 0.375. The van der Waals surface area contributed by atoms with Gasteiger partial charge in [0.25, 0.3) is 0 Å². The van der Waals surface area contributed by atoms with Crippen molar-refractivity contribution in [1.29, 1.82) is 0 Å². The Morgan fingerprint density at radius 1 is 1.35 bits per heavy atom. The summed E-state index contributed by atoms with van der Waals surface area (Å²) in [5.41, 5.74) is 8.62. The van der Waals surface area contributed by atoms with Gasteiger partial charge in [-0.05, 0) is 26.0 Å². The highest BCUT2D eigenvalue weighted by Crippen LogP contribution is 2.16. The Kier molecular flexibility index (Phi) is 5.99. The van der Waals surface area contributed by atoms with E-state index in [1.54, 1.807) is 12.4 Å². The number of aliphatic imine (C=N–C) groups is 1. The first kappa shape index (κ1) is 16.8. The molecule has 2 N–H and O–H groups in total. The first-order chi connectivity index (χ1) is 11.2. The van der Waals surface area contributed by atoms with Gasteiger partial charge in [0, 0.05) is 44.2 Å². The second-order valence-corrected chi connectivity index (χ2v) is 4.93.